The highest BCUT2D eigenvalue weighted by molar-refractivity contribution is 7.99. The van der Waals surface area contributed by atoms with Gasteiger partial charge in [0.1, 0.15) is 5.75 Å². The fourth-order valence-corrected chi connectivity index (χ4v) is 4.07. The monoisotopic (exact) mass is 299 g/mol. The fraction of sp³-hybridized carbons (Fsp3) is 0.333. The molecule has 2 N–H and O–H groups in total. The van der Waals surface area contributed by atoms with Gasteiger partial charge < -0.3 is 10.4 Å². The van der Waals surface area contributed by atoms with E-state index in [0.717, 1.165) is 24.1 Å². The van der Waals surface area contributed by atoms with Crippen LogP contribution in [0.5, 0.6) is 5.75 Å². The molecule has 2 aromatic carbocycles. The Morgan fingerprint density at radius 3 is 2.67 bits per heavy atom. The van der Waals surface area contributed by atoms with Gasteiger partial charge in [-0.3, -0.25) is 0 Å². The summed E-state index contributed by atoms with van der Waals surface area (Å²) in [5.74, 6) is 1.58. The zero-order valence-corrected chi connectivity index (χ0v) is 13.3. The van der Waals surface area contributed by atoms with Crippen LogP contribution in [0, 0.1) is 13.8 Å². The zero-order chi connectivity index (χ0) is 14.8. The minimum atomic E-state index is 0.415. The maximum Gasteiger partial charge on any atom is 0.121 e. The van der Waals surface area contributed by atoms with Gasteiger partial charge in [0.2, 0.25) is 0 Å². The molecular formula is C18H21NOS. The molecule has 0 radical (unpaired) electrons. The lowest BCUT2D eigenvalue weighted by molar-refractivity contribution is 0.465. The van der Waals surface area contributed by atoms with Gasteiger partial charge in [0.25, 0.3) is 0 Å². The number of aryl methyl sites for hydroxylation is 2. The number of phenolic OH excluding ortho intramolecular Hbond substituents is 1. The van der Waals surface area contributed by atoms with Crippen molar-refractivity contribution in [2.45, 2.75) is 37.8 Å². The summed E-state index contributed by atoms with van der Waals surface area (Å²) < 4.78 is 0. The largest absolute Gasteiger partial charge is 0.507 e. The highest BCUT2D eigenvalue weighted by Gasteiger charge is 2.19. The zero-order valence-electron chi connectivity index (χ0n) is 12.5. The molecule has 21 heavy (non-hydrogen) atoms. The molecule has 3 rings (SSSR count). The number of aromatic hydroxyl groups is 1. The summed E-state index contributed by atoms with van der Waals surface area (Å²) in [5, 5.41) is 13.5. The number of fused-ring (bicyclic) bond motifs is 1. The quantitative estimate of drug-likeness (QED) is 0.884. The van der Waals surface area contributed by atoms with E-state index in [4.69, 9.17) is 0 Å². The highest BCUT2D eigenvalue weighted by Crippen LogP contribution is 2.36. The van der Waals surface area contributed by atoms with Gasteiger partial charge in [-0.15, -0.1) is 11.8 Å². The maximum absolute atomic E-state index is 9.85. The molecule has 1 atom stereocenters. The Morgan fingerprint density at radius 2 is 1.90 bits per heavy atom. The Hall–Kier alpha value is -1.45. The first-order chi connectivity index (χ1) is 10.1. The standard InChI is InChI=1S/C18H21NOS/c1-12-9-14(10-13(2)18(12)20)11-19-16-7-8-21-17-6-4-3-5-15(16)17/h3-6,9-10,16,19-20H,7-8,11H2,1-2H3. The molecule has 1 aliphatic rings. The van der Waals surface area contributed by atoms with Gasteiger partial charge in [-0.1, -0.05) is 30.3 Å². The van der Waals surface area contributed by atoms with Crippen LogP contribution in [0.15, 0.2) is 41.3 Å². The molecular weight excluding hydrogens is 278 g/mol. The van der Waals surface area contributed by atoms with Crippen molar-refractivity contribution in [2.75, 3.05) is 5.75 Å². The van der Waals surface area contributed by atoms with Crippen LogP contribution in [0.1, 0.15) is 34.7 Å². The van der Waals surface area contributed by atoms with E-state index in [2.05, 4.69) is 41.7 Å². The topological polar surface area (TPSA) is 32.3 Å². The maximum atomic E-state index is 9.85. The van der Waals surface area contributed by atoms with E-state index in [1.807, 2.05) is 25.6 Å². The van der Waals surface area contributed by atoms with Crippen LogP contribution in [-0.4, -0.2) is 10.9 Å². The number of hydrogen-bond donors (Lipinski definition) is 2. The van der Waals surface area contributed by atoms with Crippen molar-refractivity contribution in [3.8, 4) is 5.75 Å². The van der Waals surface area contributed by atoms with E-state index in [-0.39, 0.29) is 0 Å². The van der Waals surface area contributed by atoms with Crippen LogP contribution in [0.25, 0.3) is 0 Å². The Kier molecular flexibility index (Phi) is 4.22. The number of benzene rings is 2. The number of phenols is 1. The normalized spacial score (nSPS) is 17.5. The second-order valence-corrected chi connectivity index (χ2v) is 6.82. The molecule has 0 spiro atoms. The molecule has 1 aliphatic heterocycles. The third-order valence-electron chi connectivity index (χ3n) is 4.06. The second-order valence-electron chi connectivity index (χ2n) is 5.69. The van der Waals surface area contributed by atoms with Crippen LogP contribution >= 0.6 is 11.8 Å². The van der Waals surface area contributed by atoms with Gasteiger partial charge >= 0.3 is 0 Å². The third kappa shape index (κ3) is 3.09. The van der Waals surface area contributed by atoms with Crippen molar-refractivity contribution in [1.29, 1.82) is 0 Å². The van der Waals surface area contributed by atoms with Crippen molar-refractivity contribution in [2.24, 2.45) is 0 Å². The number of hydrogen-bond acceptors (Lipinski definition) is 3. The van der Waals surface area contributed by atoms with Crippen LogP contribution in [0.2, 0.25) is 0 Å². The van der Waals surface area contributed by atoms with E-state index in [0.29, 0.717) is 11.8 Å². The molecule has 0 saturated carbocycles. The van der Waals surface area contributed by atoms with Crippen LogP contribution in [0.3, 0.4) is 0 Å². The molecule has 0 amide bonds. The molecule has 1 unspecified atom stereocenters. The van der Waals surface area contributed by atoms with Crippen LogP contribution < -0.4 is 5.32 Å². The number of nitrogens with one attached hydrogen (secondary N) is 1. The van der Waals surface area contributed by atoms with Gasteiger partial charge in [-0.25, -0.2) is 0 Å². The van der Waals surface area contributed by atoms with E-state index in [1.165, 1.54) is 21.8 Å². The molecule has 3 heteroatoms. The first kappa shape index (κ1) is 14.5. The van der Waals surface area contributed by atoms with E-state index < -0.39 is 0 Å². The van der Waals surface area contributed by atoms with Crippen molar-refractivity contribution in [3.63, 3.8) is 0 Å². The van der Waals surface area contributed by atoms with Crippen LogP contribution in [0.4, 0.5) is 0 Å². The van der Waals surface area contributed by atoms with E-state index in [1.54, 1.807) is 0 Å². The van der Waals surface area contributed by atoms with Gasteiger partial charge in [0, 0.05) is 17.5 Å². The van der Waals surface area contributed by atoms with Crippen molar-refractivity contribution >= 4 is 11.8 Å². The summed E-state index contributed by atoms with van der Waals surface area (Å²) in [7, 11) is 0. The predicted molar refractivity (Wildman–Crippen MR) is 88.9 cm³/mol. The molecule has 1 heterocycles. The molecule has 0 bridgehead atoms. The number of rotatable bonds is 3. The second kappa shape index (κ2) is 6.12. The average Bonchev–Trinajstić information content (AvgIpc) is 2.50. The molecule has 0 fully saturated rings. The lowest BCUT2D eigenvalue weighted by Gasteiger charge is -2.26. The summed E-state index contributed by atoms with van der Waals surface area (Å²) >= 11 is 1.95. The first-order valence-electron chi connectivity index (χ1n) is 7.39. The smallest absolute Gasteiger partial charge is 0.121 e. The SMILES string of the molecule is Cc1cc(CNC2CCSc3ccccc32)cc(C)c1O. The highest BCUT2D eigenvalue weighted by atomic mass is 32.2. The van der Waals surface area contributed by atoms with Gasteiger partial charge in [0.15, 0.2) is 0 Å². The predicted octanol–water partition coefficient (Wildman–Crippen LogP) is 4.34. The molecule has 0 saturated heterocycles. The Bertz CT molecular complexity index is 630. The average molecular weight is 299 g/mol. The third-order valence-corrected chi connectivity index (χ3v) is 5.18. The minimum Gasteiger partial charge on any atom is -0.507 e. The van der Waals surface area contributed by atoms with Gasteiger partial charge in [-0.2, -0.15) is 0 Å². The van der Waals surface area contributed by atoms with E-state index >= 15 is 0 Å². The summed E-state index contributed by atoms with van der Waals surface area (Å²) in [6, 6.07) is 13.2. The summed E-state index contributed by atoms with van der Waals surface area (Å²) in [6.45, 7) is 4.75. The summed E-state index contributed by atoms with van der Waals surface area (Å²) in [4.78, 5) is 1.40. The molecule has 2 aromatic rings. The van der Waals surface area contributed by atoms with Crippen molar-refractivity contribution in [1.82, 2.24) is 5.32 Å². The lowest BCUT2D eigenvalue weighted by atomic mass is 10.0. The van der Waals surface area contributed by atoms with Gasteiger partial charge in [0.05, 0.1) is 0 Å². The Balaban J connectivity index is 1.74. The minimum absolute atomic E-state index is 0.415. The van der Waals surface area contributed by atoms with Crippen molar-refractivity contribution in [3.05, 3.63) is 58.7 Å². The lowest BCUT2D eigenvalue weighted by Crippen LogP contribution is -2.24. The first-order valence-corrected chi connectivity index (χ1v) is 8.38. The summed E-state index contributed by atoms with van der Waals surface area (Å²) in [6.07, 6.45) is 1.16. The Labute approximate surface area is 130 Å². The molecule has 0 aliphatic carbocycles. The molecule has 2 nitrogen and oxygen atoms in total. The van der Waals surface area contributed by atoms with E-state index in [9.17, 15) is 5.11 Å². The van der Waals surface area contributed by atoms with Crippen LogP contribution in [-0.2, 0) is 6.54 Å². The number of thioether (sulfide) groups is 1. The van der Waals surface area contributed by atoms with Crippen molar-refractivity contribution < 1.29 is 5.11 Å². The fourth-order valence-electron chi connectivity index (χ4n) is 2.94. The Morgan fingerprint density at radius 1 is 1.19 bits per heavy atom. The molecule has 0 aromatic heterocycles. The molecule has 110 valence electrons. The van der Waals surface area contributed by atoms with Gasteiger partial charge in [-0.05, 0) is 54.3 Å². The summed E-state index contributed by atoms with van der Waals surface area (Å²) in [5.41, 5.74) is 4.55.